The average Bonchev–Trinajstić information content (AvgIpc) is 3.32. The number of nitrogens with zero attached hydrogens (tertiary/aromatic N) is 6. The van der Waals surface area contributed by atoms with E-state index in [-0.39, 0.29) is 5.91 Å². The van der Waals surface area contributed by atoms with Crippen LogP contribution >= 0.6 is 23.1 Å². The quantitative estimate of drug-likeness (QED) is 0.570. The van der Waals surface area contributed by atoms with Crippen LogP contribution in [0.5, 0.6) is 5.75 Å². The highest BCUT2D eigenvalue weighted by Crippen LogP contribution is 2.25. The SMILES string of the molecule is CCOc1ccc(-n2nnnc2S[C@@H](C)C(=O)Nc2nnc(CC)s2)cc1. The van der Waals surface area contributed by atoms with E-state index in [0.29, 0.717) is 16.9 Å². The van der Waals surface area contributed by atoms with Crippen molar-refractivity contribution in [1.29, 1.82) is 0 Å². The summed E-state index contributed by atoms with van der Waals surface area (Å²) in [6.45, 7) is 6.32. The van der Waals surface area contributed by atoms with Gasteiger partial charge in [0.15, 0.2) is 0 Å². The monoisotopic (exact) mass is 405 g/mol. The molecule has 1 amide bonds. The van der Waals surface area contributed by atoms with Crippen LogP contribution in [0, 0.1) is 0 Å². The Kier molecular flexibility index (Phi) is 6.35. The molecule has 1 aromatic carbocycles. The molecule has 3 aromatic rings. The predicted molar refractivity (Wildman–Crippen MR) is 104 cm³/mol. The molecule has 0 unspecified atom stereocenters. The first-order valence-corrected chi connectivity index (χ1v) is 10.1. The van der Waals surface area contributed by atoms with Gasteiger partial charge in [-0.25, -0.2) is 0 Å². The number of hydrogen-bond donors (Lipinski definition) is 1. The molecule has 0 bridgehead atoms. The van der Waals surface area contributed by atoms with Crippen LogP contribution in [0.25, 0.3) is 5.69 Å². The maximum absolute atomic E-state index is 12.4. The molecule has 2 aromatic heterocycles. The Balaban J connectivity index is 1.67. The molecule has 11 heteroatoms. The van der Waals surface area contributed by atoms with E-state index >= 15 is 0 Å². The summed E-state index contributed by atoms with van der Waals surface area (Å²) in [5.74, 6) is 0.597. The highest BCUT2D eigenvalue weighted by Gasteiger charge is 2.20. The highest BCUT2D eigenvalue weighted by molar-refractivity contribution is 8.00. The Morgan fingerprint density at radius 3 is 2.70 bits per heavy atom. The van der Waals surface area contributed by atoms with Crippen LogP contribution in [0.3, 0.4) is 0 Å². The number of tetrazole rings is 1. The summed E-state index contributed by atoms with van der Waals surface area (Å²) in [7, 11) is 0. The maximum atomic E-state index is 12.4. The summed E-state index contributed by atoms with van der Waals surface area (Å²) in [5.41, 5.74) is 0.787. The molecule has 9 nitrogen and oxygen atoms in total. The molecule has 0 saturated heterocycles. The summed E-state index contributed by atoms with van der Waals surface area (Å²) in [6, 6.07) is 7.44. The molecule has 27 heavy (non-hydrogen) atoms. The van der Waals surface area contributed by atoms with Crippen molar-refractivity contribution >= 4 is 34.1 Å². The van der Waals surface area contributed by atoms with Crippen molar-refractivity contribution in [2.24, 2.45) is 0 Å². The fourth-order valence-corrected chi connectivity index (χ4v) is 3.62. The molecular formula is C16H19N7O2S2. The molecular weight excluding hydrogens is 386 g/mol. The van der Waals surface area contributed by atoms with Gasteiger partial charge in [-0.3, -0.25) is 10.1 Å². The van der Waals surface area contributed by atoms with Crippen LogP contribution < -0.4 is 10.1 Å². The molecule has 2 heterocycles. The van der Waals surface area contributed by atoms with Gasteiger partial charge in [-0.15, -0.1) is 15.3 Å². The molecule has 0 spiro atoms. The Morgan fingerprint density at radius 2 is 2.04 bits per heavy atom. The van der Waals surface area contributed by atoms with Crippen LogP contribution in [0.4, 0.5) is 5.13 Å². The number of thioether (sulfide) groups is 1. The van der Waals surface area contributed by atoms with Gasteiger partial charge >= 0.3 is 0 Å². The van der Waals surface area contributed by atoms with Gasteiger partial charge in [-0.2, -0.15) is 4.68 Å². The van der Waals surface area contributed by atoms with E-state index in [0.717, 1.165) is 22.9 Å². The molecule has 0 aliphatic carbocycles. The first-order chi connectivity index (χ1) is 13.1. The molecule has 142 valence electrons. The number of anilines is 1. The van der Waals surface area contributed by atoms with Gasteiger partial charge in [0.25, 0.3) is 0 Å². The topological polar surface area (TPSA) is 108 Å². The zero-order valence-electron chi connectivity index (χ0n) is 15.1. The lowest BCUT2D eigenvalue weighted by molar-refractivity contribution is -0.115. The van der Waals surface area contributed by atoms with Crippen molar-refractivity contribution in [2.75, 3.05) is 11.9 Å². The van der Waals surface area contributed by atoms with Crippen molar-refractivity contribution < 1.29 is 9.53 Å². The fraction of sp³-hybridized carbons (Fsp3) is 0.375. The number of carbonyl (C=O) groups is 1. The third-order valence-corrected chi connectivity index (χ3v) is 5.50. The number of carbonyl (C=O) groups excluding carboxylic acids is 1. The van der Waals surface area contributed by atoms with Crippen LogP contribution in [0.15, 0.2) is 29.4 Å². The molecule has 0 fully saturated rings. The van der Waals surface area contributed by atoms with Gasteiger partial charge < -0.3 is 4.74 Å². The summed E-state index contributed by atoms with van der Waals surface area (Å²) in [4.78, 5) is 12.4. The molecule has 0 saturated carbocycles. The summed E-state index contributed by atoms with van der Waals surface area (Å²) >= 11 is 2.64. The molecule has 3 rings (SSSR count). The van der Waals surface area contributed by atoms with E-state index in [2.05, 4.69) is 31.0 Å². The fourth-order valence-electron chi connectivity index (χ4n) is 2.13. The third kappa shape index (κ3) is 4.80. The van der Waals surface area contributed by atoms with Crippen molar-refractivity contribution in [3.63, 3.8) is 0 Å². The first kappa shape index (κ1) is 19.2. The number of hydrogen-bond acceptors (Lipinski definition) is 9. The molecule has 1 N–H and O–H groups in total. The zero-order valence-corrected chi connectivity index (χ0v) is 16.8. The minimum atomic E-state index is -0.411. The average molecular weight is 406 g/mol. The van der Waals surface area contributed by atoms with Crippen molar-refractivity contribution in [2.45, 2.75) is 37.6 Å². The van der Waals surface area contributed by atoms with Crippen molar-refractivity contribution in [1.82, 2.24) is 30.4 Å². The minimum absolute atomic E-state index is 0.181. The number of aryl methyl sites for hydroxylation is 1. The number of aromatic nitrogens is 6. The standard InChI is InChI=1S/C16H19N7O2S2/c1-4-13-18-19-15(27-13)17-14(24)10(3)26-16-20-21-22-23(16)11-6-8-12(9-7-11)25-5-2/h6-10H,4-5H2,1-3H3,(H,17,19,24)/t10-/m0/s1. The van der Waals surface area contributed by atoms with E-state index < -0.39 is 5.25 Å². The number of ether oxygens (including phenoxy) is 1. The maximum Gasteiger partial charge on any atom is 0.239 e. The second kappa shape index (κ2) is 8.91. The van der Waals surface area contributed by atoms with Crippen LogP contribution in [0.1, 0.15) is 25.8 Å². The third-order valence-electron chi connectivity index (χ3n) is 3.48. The Hall–Kier alpha value is -2.53. The smallest absolute Gasteiger partial charge is 0.239 e. The Labute approximate surface area is 164 Å². The lowest BCUT2D eigenvalue weighted by Gasteiger charge is -2.10. The summed E-state index contributed by atoms with van der Waals surface area (Å²) in [6.07, 6.45) is 0.786. The van der Waals surface area contributed by atoms with E-state index in [1.807, 2.05) is 38.1 Å². The van der Waals surface area contributed by atoms with E-state index in [1.165, 1.54) is 23.1 Å². The molecule has 0 aliphatic heterocycles. The van der Waals surface area contributed by atoms with E-state index in [4.69, 9.17) is 4.74 Å². The lowest BCUT2D eigenvalue weighted by Crippen LogP contribution is -2.22. The van der Waals surface area contributed by atoms with Crippen molar-refractivity contribution in [3.8, 4) is 11.4 Å². The molecule has 0 radical (unpaired) electrons. The van der Waals surface area contributed by atoms with E-state index in [9.17, 15) is 4.79 Å². The Bertz CT molecular complexity index is 894. The van der Waals surface area contributed by atoms with Gasteiger partial charge in [-0.1, -0.05) is 30.0 Å². The molecule has 1 atom stereocenters. The van der Waals surface area contributed by atoms with Gasteiger partial charge in [-0.05, 0) is 55.0 Å². The predicted octanol–water partition coefficient (Wildman–Crippen LogP) is 2.59. The largest absolute Gasteiger partial charge is 0.494 e. The second-order valence-electron chi connectivity index (χ2n) is 5.40. The minimum Gasteiger partial charge on any atom is -0.494 e. The summed E-state index contributed by atoms with van der Waals surface area (Å²) in [5, 5.41) is 24.0. The number of rotatable bonds is 8. The van der Waals surface area contributed by atoms with E-state index in [1.54, 1.807) is 11.6 Å². The van der Waals surface area contributed by atoms with Crippen LogP contribution in [-0.2, 0) is 11.2 Å². The van der Waals surface area contributed by atoms with Crippen LogP contribution in [-0.4, -0.2) is 48.2 Å². The highest BCUT2D eigenvalue weighted by atomic mass is 32.2. The lowest BCUT2D eigenvalue weighted by atomic mass is 10.3. The number of amides is 1. The summed E-state index contributed by atoms with van der Waals surface area (Å²) < 4.78 is 7.03. The first-order valence-electron chi connectivity index (χ1n) is 8.42. The van der Waals surface area contributed by atoms with Gasteiger partial charge in [0.1, 0.15) is 10.8 Å². The normalized spacial score (nSPS) is 12.0. The van der Waals surface area contributed by atoms with Gasteiger partial charge in [0.2, 0.25) is 16.2 Å². The zero-order chi connectivity index (χ0) is 19.2. The van der Waals surface area contributed by atoms with Gasteiger partial charge in [0.05, 0.1) is 17.5 Å². The van der Waals surface area contributed by atoms with Gasteiger partial charge in [0, 0.05) is 0 Å². The number of benzene rings is 1. The Morgan fingerprint density at radius 1 is 1.26 bits per heavy atom. The molecule has 0 aliphatic rings. The second-order valence-corrected chi connectivity index (χ2v) is 7.77. The van der Waals surface area contributed by atoms with Crippen LogP contribution in [0.2, 0.25) is 0 Å². The number of nitrogens with one attached hydrogen (secondary N) is 1. The van der Waals surface area contributed by atoms with Crippen molar-refractivity contribution in [3.05, 3.63) is 29.3 Å².